The van der Waals surface area contributed by atoms with Crippen molar-refractivity contribution in [1.29, 1.82) is 0 Å². The lowest BCUT2D eigenvalue weighted by atomic mass is 9.87. The van der Waals surface area contributed by atoms with Gasteiger partial charge in [-0.15, -0.1) is 0 Å². The van der Waals surface area contributed by atoms with Crippen LogP contribution in [-0.4, -0.2) is 46.2 Å². The molecule has 2 aliphatic rings. The molecule has 2 aromatic carbocycles. The Balaban J connectivity index is 1.46. The van der Waals surface area contributed by atoms with Crippen molar-refractivity contribution in [2.75, 3.05) is 19.6 Å². The molecule has 0 aliphatic carbocycles. The zero-order valence-corrected chi connectivity index (χ0v) is 16.8. The van der Waals surface area contributed by atoms with Gasteiger partial charge in [-0.25, -0.2) is 0 Å². The molecule has 0 spiro atoms. The fourth-order valence-electron chi connectivity index (χ4n) is 5.29. The van der Waals surface area contributed by atoms with Gasteiger partial charge in [-0.1, -0.05) is 36.4 Å². The van der Waals surface area contributed by atoms with Gasteiger partial charge < -0.3 is 14.8 Å². The molecule has 0 bridgehead atoms. The van der Waals surface area contributed by atoms with Crippen molar-refractivity contribution in [2.24, 2.45) is 11.8 Å². The molecule has 5 heteroatoms. The van der Waals surface area contributed by atoms with Crippen LogP contribution in [0.5, 0.6) is 0 Å². The first kappa shape index (κ1) is 18.0. The van der Waals surface area contributed by atoms with Gasteiger partial charge in [0.15, 0.2) is 0 Å². The van der Waals surface area contributed by atoms with Crippen LogP contribution in [0.4, 0.5) is 0 Å². The number of nitrogens with one attached hydrogen (secondary N) is 1. The highest BCUT2D eigenvalue weighted by Crippen LogP contribution is 2.46. The van der Waals surface area contributed by atoms with Crippen LogP contribution in [0.1, 0.15) is 34.5 Å². The highest BCUT2D eigenvalue weighted by atomic mass is 16.2. The van der Waals surface area contributed by atoms with E-state index in [2.05, 4.69) is 24.0 Å². The molecular formula is C24H25N3O2. The number of nitrogens with zero attached hydrogens (tertiary/aromatic N) is 2. The average molecular weight is 387 g/mol. The summed E-state index contributed by atoms with van der Waals surface area (Å²) in [6.07, 6.45) is 1.87. The number of para-hydroxylation sites is 1. The molecule has 2 amide bonds. The molecule has 1 aromatic heterocycles. The molecule has 3 aromatic rings. The predicted octanol–water partition coefficient (Wildman–Crippen LogP) is 3.77. The Hall–Kier alpha value is -3.08. The Morgan fingerprint density at radius 3 is 2.62 bits per heavy atom. The summed E-state index contributed by atoms with van der Waals surface area (Å²) in [5, 5.41) is 1.05. The zero-order valence-electron chi connectivity index (χ0n) is 16.8. The van der Waals surface area contributed by atoms with Gasteiger partial charge in [0.05, 0.1) is 17.1 Å². The zero-order chi connectivity index (χ0) is 20.1. The summed E-state index contributed by atoms with van der Waals surface area (Å²) in [5.74, 6) is 0.772. The van der Waals surface area contributed by atoms with Crippen LogP contribution >= 0.6 is 0 Å². The molecule has 3 atom stereocenters. The van der Waals surface area contributed by atoms with Crippen molar-refractivity contribution in [3.05, 3.63) is 71.4 Å². The number of likely N-dealkylation sites (tertiary alicyclic amines) is 2. The Labute approximate surface area is 170 Å². The number of hydrogen-bond acceptors (Lipinski definition) is 2. The Kier molecular flexibility index (Phi) is 4.19. The summed E-state index contributed by atoms with van der Waals surface area (Å²) in [5.41, 5.74) is 4.03. The summed E-state index contributed by atoms with van der Waals surface area (Å²) < 4.78 is 0. The molecular weight excluding hydrogens is 362 g/mol. The van der Waals surface area contributed by atoms with Crippen LogP contribution in [0.15, 0.2) is 54.7 Å². The number of amides is 2. The second-order valence-electron chi connectivity index (χ2n) is 8.35. The molecule has 1 N–H and O–H groups in total. The van der Waals surface area contributed by atoms with E-state index in [4.69, 9.17) is 0 Å². The van der Waals surface area contributed by atoms with Crippen molar-refractivity contribution in [3.8, 4) is 0 Å². The normalized spacial score (nSPS) is 23.6. The van der Waals surface area contributed by atoms with Crippen molar-refractivity contribution >= 4 is 22.7 Å². The van der Waals surface area contributed by atoms with E-state index in [1.807, 2.05) is 52.4 Å². The largest absolute Gasteiger partial charge is 0.361 e. The third kappa shape index (κ3) is 2.84. The van der Waals surface area contributed by atoms with Gasteiger partial charge >= 0.3 is 0 Å². The predicted molar refractivity (Wildman–Crippen MR) is 112 cm³/mol. The number of H-pyrrole nitrogens is 1. The van der Waals surface area contributed by atoms with Crippen LogP contribution in [-0.2, 0) is 4.79 Å². The fourth-order valence-corrected chi connectivity index (χ4v) is 5.29. The van der Waals surface area contributed by atoms with Crippen LogP contribution in [0, 0.1) is 18.8 Å². The number of aromatic nitrogens is 1. The first-order chi connectivity index (χ1) is 14.0. The third-order valence-electron chi connectivity index (χ3n) is 6.68. The molecule has 3 heterocycles. The third-order valence-corrected chi connectivity index (χ3v) is 6.68. The number of aromatic amines is 1. The Morgan fingerprint density at radius 2 is 1.83 bits per heavy atom. The van der Waals surface area contributed by atoms with Gasteiger partial charge in [-0.05, 0) is 30.2 Å². The number of hydrogen-bond donors (Lipinski definition) is 1. The van der Waals surface area contributed by atoms with E-state index in [9.17, 15) is 9.59 Å². The van der Waals surface area contributed by atoms with Crippen molar-refractivity contribution in [3.63, 3.8) is 0 Å². The van der Waals surface area contributed by atoms with Gasteiger partial charge in [0.2, 0.25) is 5.91 Å². The summed E-state index contributed by atoms with van der Waals surface area (Å²) in [6, 6.07) is 16.2. The highest BCUT2D eigenvalue weighted by Gasteiger charge is 2.49. The second-order valence-corrected chi connectivity index (χ2v) is 8.35. The van der Waals surface area contributed by atoms with E-state index in [1.165, 1.54) is 11.1 Å². The number of carbonyl (C=O) groups is 2. The minimum atomic E-state index is 0.0396. The summed E-state index contributed by atoms with van der Waals surface area (Å²) in [4.78, 5) is 32.9. The summed E-state index contributed by atoms with van der Waals surface area (Å²) >= 11 is 0. The quantitative estimate of drug-likeness (QED) is 0.728. The van der Waals surface area contributed by atoms with Gasteiger partial charge in [-0.2, -0.15) is 0 Å². The number of fused-ring (bicyclic) bond motifs is 2. The smallest absolute Gasteiger partial charge is 0.256 e. The molecule has 5 rings (SSSR count). The molecule has 29 heavy (non-hydrogen) atoms. The van der Waals surface area contributed by atoms with E-state index < -0.39 is 0 Å². The topological polar surface area (TPSA) is 56.4 Å². The molecule has 5 nitrogen and oxygen atoms in total. The van der Waals surface area contributed by atoms with Crippen LogP contribution in [0.3, 0.4) is 0 Å². The average Bonchev–Trinajstić information content (AvgIpc) is 3.41. The lowest BCUT2D eigenvalue weighted by Crippen LogP contribution is -2.36. The van der Waals surface area contributed by atoms with Crippen LogP contribution < -0.4 is 0 Å². The molecule has 0 saturated carbocycles. The second kappa shape index (κ2) is 6.76. The summed E-state index contributed by atoms with van der Waals surface area (Å²) in [6.45, 7) is 5.86. The van der Waals surface area contributed by atoms with Crippen molar-refractivity contribution in [1.82, 2.24) is 14.8 Å². The molecule has 2 saturated heterocycles. The molecule has 0 radical (unpaired) electrons. The maximum Gasteiger partial charge on any atom is 0.256 e. The van der Waals surface area contributed by atoms with Crippen molar-refractivity contribution in [2.45, 2.75) is 19.9 Å². The molecule has 2 fully saturated rings. The van der Waals surface area contributed by atoms with Crippen LogP contribution in [0.25, 0.3) is 10.9 Å². The highest BCUT2D eigenvalue weighted by molar-refractivity contribution is 6.05. The van der Waals surface area contributed by atoms with E-state index >= 15 is 0 Å². The molecule has 148 valence electrons. The van der Waals surface area contributed by atoms with Gasteiger partial charge in [0.25, 0.3) is 5.91 Å². The maximum absolute atomic E-state index is 13.3. The number of rotatable bonds is 2. The van der Waals surface area contributed by atoms with E-state index in [0.717, 1.165) is 23.0 Å². The van der Waals surface area contributed by atoms with E-state index in [-0.39, 0.29) is 23.8 Å². The van der Waals surface area contributed by atoms with E-state index in [1.54, 1.807) is 6.92 Å². The number of carbonyl (C=O) groups excluding carboxylic acids is 2. The van der Waals surface area contributed by atoms with Crippen molar-refractivity contribution < 1.29 is 9.59 Å². The monoisotopic (exact) mass is 387 g/mol. The molecule has 0 unspecified atom stereocenters. The van der Waals surface area contributed by atoms with Gasteiger partial charge in [0, 0.05) is 50.0 Å². The summed E-state index contributed by atoms with van der Waals surface area (Å²) in [7, 11) is 0. The number of aryl methyl sites for hydroxylation is 1. The minimum Gasteiger partial charge on any atom is -0.361 e. The van der Waals surface area contributed by atoms with Gasteiger partial charge in [-0.3, -0.25) is 9.59 Å². The molecule has 2 aliphatic heterocycles. The van der Waals surface area contributed by atoms with Crippen LogP contribution in [0.2, 0.25) is 0 Å². The lowest BCUT2D eigenvalue weighted by molar-refractivity contribution is -0.130. The first-order valence-electron chi connectivity index (χ1n) is 10.2. The van der Waals surface area contributed by atoms with E-state index in [0.29, 0.717) is 19.0 Å². The van der Waals surface area contributed by atoms with Gasteiger partial charge in [0.1, 0.15) is 0 Å². The SMILES string of the molecule is CC(=O)N1C[C@H]2CN(C(=O)c3cccc4cc[nH]c34)C[C@H]2[C@@H]1c1ccccc1C. The lowest BCUT2D eigenvalue weighted by Gasteiger charge is -2.30. The standard InChI is InChI=1S/C24H25N3O2/c1-15-6-3-4-8-19(15)23-21-14-26(12-18(21)13-27(23)16(2)28)24(29)20-9-5-7-17-10-11-25-22(17)20/h3-11,18,21,23,25H,12-14H2,1-2H3/t18-,21-,23+/m1/s1. The first-order valence-corrected chi connectivity index (χ1v) is 10.2. The number of benzene rings is 2. The maximum atomic E-state index is 13.3. The minimum absolute atomic E-state index is 0.0396. The Morgan fingerprint density at radius 1 is 1.00 bits per heavy atom. The fraction of sp³-hybridized carbons (Fsp3) is 0.333. The Bertz CT molecular complexity index is 1100.